The molecule has 5 heteroatoms. The van der Waals surface area contributed by atoms with Gasteiger partial charge in [0.25, 0.3) is 5.91 Å². The van der Waals surface area contributed by atoms with Gasteiger partial charge < -0.3 is 10.0 Å². The molecule has 2 atom stereocenters. The Hall–Kier alpha value is -1.88. The first kappa shape index (κ1) is 17.9. The largest absolute Gasteiger partial charge is 0.374 e. The minimum absolute atomic E-state index is 0.0309. The molecule has 0 saturated carbocycles. The number of carbonyl (C=O) groups is 1. The summed E-state index contributed by atoms with van der Waals surface area (Å²) in [7, 11) is 0. The quantitative estimate of drug-likeness (QED) is 0.805. The van der Waals surface area contributed by atoms with Crippen molar-refractivity contribution in [2.24, 2.45) is 0 Å². The van der Waals surface area contributed by atoms with E-state index in [-0.39, 0.29) is 11.9 Å². The van der Waals surface area contributed by atoms with Gasteiger partial charge in [-0.2, -0.15) is 0 Å². The molecule has 2 N–H and O–H groups in total. The van der Waals surface area contributed by atoms with E-state index in [4.69, 9.17) is 11.6 Å². The number of halogens is 1. The molecule has 25 heavy (non-hydrogen) atoms. The highest BCUT2D eigenvalue weighted by Crippen LogP contribution is 2.27. The molecule has 0 aromatic heterocycles. The lowest BCUT2D eigenvalue weighted by atomic mass is 10.0. The van der Waals surface area contributed by atoms with Gasteiger partial charge in [-0.1, -0.05) is 41.9 Å². The van der Waals surface area contributed by atoms with Crippen LogP contribution in [0.2, 0.25) is 5.02 Å². The third kappa shape index (κ3) is 4.21. The van der Waals surface area contributed by atoms with Gasteiger partial charge in [-0.15, -0.1) is 0 Å². The zero-order valence-corrected chi connectivity index (χ0v) is 15.0. The Morgan fingerprint density at radius 2 is 1.92 bits per heavy atom. The normalized spacial score (nSPS) is 19.6. The zero-order chi connectivity index (χ0) is 17.9. The summed E-state index contributed by atoms with van der Waals surface area (Å²) in [6.45, 7) is 2.91. The zero-order valence-electron chi connectivity index (χ0n) is 14.3. The first-order valence-corrected chi connectivity index (χ1v) is 8.93. The van der Waals surface area contributed by atoms with Gasteiger partial charge in [0.05, 0.1) is 6.04 Å². The highest BCUT2D eigenvalue weighted by molar-refractivity contribution is 6.30. The highest BCUT2D eigenvalue weighted by atomic mass is 35.5. The van der Waals surface area contributed by atoms with Crippen molar-refractivity contribution in [2.75, 3.05) is 6.54 Å². The van der Waals surface area contributed by atoms with Crippen LogP contribution in [-0.4, -0.2) is 34.2 Å². The molecule has 1 heterocycles. The maximum atomic E-state index is 12.8. The fourth-order valence-electron chi connectivity index (χ4n) is 3.34. The van der Waals surface area contributed by atoms with E-state index in [1.165, 1.54) is 0 Å². The molecule has 2 aromatic rings. The van der Waals surface area contributed by atoms with Crippen LogP contribution in [-0.2, 0) is 6.54 Å². The Morgan fingerprint density at radius 1 is 1.24 bits per heavy atom. The van der Waals surface area contributed by atoms with Gasteiger partial charge >= 0.3 is 0 Å². The number of nitrogens with one attached hydrogen (secondary N) is 1. The Labute approximate surface area is 153 Å². The van der Waals surface area contributed by atoms with E-state index in [0.29, 0.717) is 23.7 Å². The molecular formula is C20H23ClN2O2. The summed E-state index contributed by atoms with van der Waals surface area (Å²) < 4.78 is 0. The van der Waals surface area contributed by atoms with Gasteiger partial charge in [-0.05, 0) is 49.6 Å². The SMILES string of the molecule is CC(O)(NCc1ccc(Cl)cc1)[C@@H]1CCCN1C(=O)c1ccccc1. The molecule has 1 amide bonds. The summed E-state index contributed by atoms with van der Waals surface area (Å²) in [5.41, 5.74) is 0.520. The summed E-state index contributed by atoms with van der Waals surface area (Å²) in [6.07, 6.45) is 1.67. The van der Waals surface area contributed by atoms with Crippen molar-refractivity contribution in [1.82, 2.24) is 10.2 Å². The third-order valence-corrected chi connectivity index (χ3v) is 5.00. The summed E-state index contributed by atoms with van der Waals surface area (Å²) in [6, 6.07) is 16.5. The predicted molar refractivity (Wildman–Crippen MR) is 99.4 cm³/mol. The summed E-state index contributed by atoms with van der Waals surface area (Å²) in [5, 5.41) is 14.8. The van der Waals surface area contributed by atoms with Gasteiger partial charge in [0, 0.05) is 23.7 Å². The number of likely N-dealkylation sites (tertiary alicyclic amines) is 1. The van der Waals surface area contributed by atoms with Crippen molar-refractivity contribution < 1.29 is 9.90 Å². The first-order chi connectivity index (χ1) is 12.0. The van der Waals surface area contributed by atoms with E-state index in [1.54, 1.807) is 11.8 Å². The van der Waals surface area contributed by atoms with Crippen molar-refractivity contribution in [3.63, 3.8) is 0 Å². The van der Waals surface area contributed by atoms with E-state index in [1.807, 2.05) is 54.6 Å². The van der Waals surface area contributed by atoms with Crippen molar-refractivity contribution in [3.05, 3.63) is 70.7 Å². The lowest BCUT2D eigenvalue weighted by molar-refractivity contribution is -0.0410. The Morgan fingerprint density at radius 3 is 2.60 bits per heavy atom. The number of hydrogen-bond donors (Lipinski definition) is 2. The first-order valence-electron chi connectivity index (χ1n) is 8.55. The number of nitrogens with zero attached hydrogens (tertiary/aromatic N) is 1. The lowest BCUT2D eigenvalue weighted by Crippen LogP contribution is -2.57. The van der Waals surface area contributed by atoms with E-state index in [0.717, 1.165) is 18.4 Å². The summed E-state index contributed by atoms with van der Waals surface area (Å²) in [4.78, 5) is 14.6. The second kappa shape index (κ2) is 7.56. The smallest absolute Gasteiger partial charge is 0.254 e. The number of hydrogen-bond acceptors (Lipinski definition) is 3. The average molecular weight is 359 g/mol. The maximum Gasteiger partial charge on any atom is 0.254 e. The van der Waals surface area contributed by atoms with E-state index in [9.17, 15) is 9.90 Å². The topological polar surface area (TPSA) is 52.6 Å². The molecule has 1 unspecified atom stereocenters. The van der Waals surface area contributed by atoms with Crippen molar-refractivity contribution in [1.29, 1.82) is 0 Å². The van der Waals surface area contributed by atoms with E-state index in [2.05, 4.69) is 5.32 Å². The maximum absolute atomic E-state index is 12.8. The molecule has 3 rings (SSSR count). The Kier molecular flexibility index (Phi) is 5.42. The predicted octanol–water partition coefficient (Wildman–Crippen LogP) is 3.44. The standard InChI is InChI=1S/C20H23ClN2O2/c1-20(25,22-14-15-9-11-17(21)12-10-15)18-8-5-13-23(18)19(24)16-6-3-2-4-7-16/h2-4,6-7,9-12,18,22,25H,5,8,13-14H2,1H3/t18-,20?/m0/s1. The van der Waals surface area contributed by atoms with Crippen LogP contribution >= 0.6 is 11.6 Å². The van der Waals surface area contributed by atoms with Crippen LogP contribution in [0, 0.1) is 0 Å². The third-order valence-electron chi connectivity index (χ3n) is 4.75. The highest BCUT2D eigenvalue weighted by Gasteiger charge is 2.41. The molecule has 1 saturated heterocycles. The van der Waals surface area contributed by atoms with Gasteiger partial charge in [-0.3, -0.25) is 10.1 Å². The molecule has 2 aromatic carbocycles. The lowest BCUT2D eigenvalue weighted by Gasteiger charge is -2.37. The van der Waals surface area contributed by atoms with Crippen LogP contribution in [0.4, 0.5) is 0 Å². The van der Waals surface area contributed by atoms with Gasteiger partial charge in [-0.25, -0.2) is 0 Å². The van der Waals surface area contributed by atoms with E-state index >= 15 is 0 Å². The molecule has 0 bridgehead atoms. The minimum atomic E-state index is -1.17. The average Bonchev–Trinajstić information content (AvgIpc) is 3.12. The molecule has 1 aliphatic heterocycles. The minimum Gasteiger partial charge on any atom is -0.374 e. The van der Waals surface area contributed by atoms with Gasteiger partial charge in [0.1, 0.15) is 5.72 Å². The second-order valence-electron chi connectivity index (χ2n) is 6.65. The number of carbonyl (C=O) groups excluding carboxylic acids is 1. The van der Waals surface area contributed by atoms with Crippen LogP contribution in [0.5, 0.6) is 0 Å². The van der Waals surface area contributed by atoms with Crippen LogP contribution in [0.15, 0.2) is 54.6 Å². The van der Waals surface area contributed by atoms with Crippen molar-refractivity contribution in [2.45, 2.75) is 38.1 Å². The molecule has 0 spiro atoms. The Balaban J connectivity index is 1.69. The molecule has 1 fully saturated rings. The van der Waals surface area contributed by atoms with Crippen molar-refractivity contribution >= 4 is 17.5 Å². The number of benzene rings is 2. The number of aliphatic hydroxyl groups is 1. The van der Waals surface area contributed by atoms with Crippen molar-refractivity contribution in [3.8, 4) is 0 Å². The van der Waals surface area contributed by atoms with Crippen LogP contribution in [0.1, 0.15) is 35.7 Å². The van der Waals surface area contributed by atoms with Gasteiger partial charge in [0.15, 0.2) is 0 Å². The molecular weight excluding hydrogens is 336 g/mol. The fourth-order valence-corrected chi connectivity index (χ4v) is 3.47. The number of rotatable bonds is 5. The van der Waals surface area contributed by atoms with Crippen LogP contribution < -0.4 is 5.32 Å². The van der Waals surface area contributed by atoms with E-state index < -0.39 is 5.72 Å². The molecule has 132 valence electrons. The molecule has 0 aliphatic carbocycles. The van der Waals surface area contributed by atoms with Crippen LogP contribution in [0.3, 0.4) is 0 Å². The van der Waals surface area contributed by atoms with Crippen LogP contribution in [0.25, 0.3) is 0 Å². The molecule has 0 radical (unpaired) electrons. The molecule has 4 nitrogen and oxygen atoms in total. The monoisotopic (exact) mass is 358 g/mol. The van der Waals surface area contributed by atoms with Gasteiger partial charge in [0.2, 0.25) is 0 Å². The second-order valence-corrected chi connectivity index (χ2v) is 7.09. The Bertz CT molecular complexity index is 716. The summed E-state index contributed by atoms with van der Waals surface area (Å²) in [5.74, 6) is -0.0309. The molecule has 1 aliphatic rings. The fraction of sp³-hybridized carbons (Fsp3) is 0.350. The summed E-state index contributed by atoms with van der Waals surface area (Å²) >= 11 is 5.90. The number of amides is 1.